The number of halogens is 1. The molecular formula is C24H29FN10O2. The molecule has 0 radical (unpaired) electrons. The molecule has 1 amide bonds. The van der Waals surface area contributed by atoms with Crippen molar-refractivity contribution >= 4 is 23.1 Å². The summed E-state index contributed by atoms with van der Waals surface area (Å²) in [6.45, 7) is 7.93. The highest BCUT2D eigenvalue weighted by Gasteiger charge is 2.24. The lowest BCUT2D eigenvalue weighted by Gasteiger charge is -2.32. The van der Waals surface area contributed by atoms with E-state index in [-0.39, 0.29) is 23.5 Å². The molecule has 3 aromatic heterocycles. The lowest BCUT2D eigenvalue weighted by Crippen LogP contribution is -2.45. The normalized spacial score (nSPS) is 15.1. The Bertz CT molecular complexity index is 1370. The van der Waals surface area contributed by atoms with Crippen LogP contribution in [0.1, 0.15) is 39.2 Å². The summed E-state index contributed by atoms with van der Waals surface area (Å²) in [5.74, 6) is 0.316. The molecule has 0 saturated carbocycles. The van der Waals surface area contributed by atoms with Gasteiger partial charge in [-0.3, -0.25) is 4.90 Å². The molecule has 0 spiro atoms. The Labute approximate surface area is 212 Å². The van der Waals surface area contributed by atoms with Crippen LogP contribution >= 0.6 is 0 Å². The van der Waals surface area contributed by atoms with E-state index in [4.69, 9.17) is 4.74 Å². The third-order valence-electron chi connectivity index (χ3n) is 6.06. The van der Waals surface area contributed by atoms with Crippen LogP contribution in [0.25, 0.3) is 16.9 Å². The zero-order valence-electron chi connectivity index (χ0n) is 20.9. The molecule has 1 saturated heterocycles. The molecular weight excluding hydrogens is 479 g/mol. The van der Waals surface area contributed by atoms with E-state index in [1.165, 1.54) is 12.4 Å². The highest BCUT2D eigenvalue weighted by molar-refractivity contribution is 5.77. The number of piperidine rings is 1. The maximum Gasteiger partial charge on any atom is 0.407 e. The van der Waals surface area contributed by atoms with Crippen LogP contribution in [0.2, 0.25) is 0 Å². The molecule has 1 fully saturated rings. The largest absolute Gasteiger partial charge is 0.444 e. The Morgan fingerprint density at radius 1 is 1.24 bits per heavy atom. The molecule has 5 rings (SSSR count). The molecule has 194 valence electrons. The second kappa shape index (κ2) is 10.1. The van der Waals surface area contributed by atoms with Crippen LogP contribution in [0.3, 0.4) is 0 Å². The van der Waals surface area contributed by atoms with Gasteiger partial charge >= 0.3 is 6.09 Å². The van der Waals surface area contributed by atoms with Gasteiger partial charge in [-0.1, -0.05) is 0 Å². The Morgan fingerprint density at radius 3 is 2.78 bits per heavy atom. The molecule has 0 atom stereocenters. The summed E-state index contributed by atoms with van der Waals surface area (Å²) in [6.07, 6.45) is 4.66. The number of nitrogens with zero attached hydrogens (tertiary/aromatic N) is 7. The Morgan fingerprint density at radius 2 is 2.05 bits per heavy atom. The average Bonchev–Trinajstić information content (AvgIpc) is 3.52. The number of carbonyl (C=O) groups is 1. The summed E-state index contributed by atoms with van der Waals surface area (Å²) in [5, 5.41) is 24.2. The molecule has 1 aromatic carbocycles. The van der Waals surface area contributed by atoms with E-state index in [1.54, 1.807) is 16.6 Å². The quantitative estimate of drug-likeness (QED) is 0.358. The first kappa shape index (κ1) is 24.6. The molecule has 0 bridgehead atoms. The number of benzene rings is 1. The monoisotopic (exact) mass is 508 g/mol. The van der Waals surface area contributed by atoms with E-state index >= 15 is 0 Å². The Hall–Kier alpha value is -4.13. The van der Waals surface area contributed by atoms with Crippen molar-refractivity contribution in [2.45, 2.75) is 51.8 Å². The molecule has 1 aliphatic heterocycles. The SMILES string of the molecule is CC(C)(C)OC(=O)NC1CCN(Cc2ccn3ncnc(Nc4ccc(F)c(-c5nn[nH]n5)c4)c23)CC1. The van der Waals surface area contributed by atoms with Crippen molar-refractivity contribution in [1.29, 1.82) is 0 Å². The first-order valence-corrected chi connectivity index (χ1v) is 12.1. The average molecular weight is 509 g/mol. The van der Waals surface area contributed by atoms with Crippen molar-refractivity contribution in [3.05, 3.63) is 48.2 Å². The summed E-state index contributed by atoms with van der Waals surface area (Å²) >= 11 is 0. The number of rotatable bonds is 6. The third-order valence-corrected chi connectivity index (χ3v) is 6.06. The second-order valence-electron chi connectivity index (χ2n) is 9.99. The van der Waals surface area contributed by atoms with Crippen LogP contribution in [0, 0.1) is 5.82 Å². The van der Waals surface area contributed by atoms with E-state index in [1.807, 2.05) is 33.0 Å². The topological polar surface area (TPSA) is 138 Å². The number of carbonyl (C=O) groups excluding carboxylic acids is 1. The predicted molar refractivity (Wildman–Crippen MR) is 134 cm³/mol. The summed E-state index contributed by atoms with van der Waals surface area (Å²) < 4.78 is 21.5. The first-order chi connectivity index (χ1) is 17.7. The number of hydrogen-bond donors (Lipinski definition) is 3. The molecule has 3 N–H and O–H groups in total. The highest BCUT2D eigenvalue weighted by Crippen LogP contribution is 2.28. The molecule has 0 unspecified atom stereocenters. The Balaban J connectivity index is 1.28. The molecule has 1 aliphatic rings. The summed E-state index contributed by atoms with van der Waals surface area (Å²) in [7, 11) is 0. The van der Waals surface area contributed by atoms with Gasteiger partial charge in [0.15, 0.2) is 5.82 Å². The van der Waals surface area contributed by atoms with Gasteiger partial charge in [-0.2, -0.15) is 10.3 Å². The number of alkyl carbamates (subject to hydrolysis) is 1. The van der Waals surface area contributed by atoms with Gasteiger partial charge in [0.2, 0.25) is 5.82 Å². The minimum absolute atomic E-state index is 0.0873. The Kier molecular flexibility index (Phi) is 6.70. The van der Waals surface area contributed by atoms with E-state index in [0.717, 1.165) is 37.0 Å². The number of tetrazole rings is 1. The fraction of sp³-hybridized carbons (Fsp3) is 0.417. The van der Waals surface area contributed by atoms with Gasteiger partial charge in [0.25, 0.3) is 0 Å². The lowest BCUT2D eigenvalue weighted by molar-refractivity contribution is 0.0477. The number of hydrogen-bond acceptors (Lipinski definition) is 9. The van der Waals surface area contributed by atoms with Gasteiger partial charge < -0.3 is 15.4 Å². The van der Waals surface area contributed by atoms with E-state index in [0.29, 0.717) is 18.1 Å². The van der Waals surface area contributed by atoms with Crippen molar-refractivity contribution in [2.24, 2.45) is 0 Å². The van der Waals surface area contributed by atoms with Gasteiger partial charge in [0.05, 0.1) is 5.56 Å². The van der Waals surface area contributed by atoms with Gasteiger partial charge in [-0.05, 0) is 68.7 Å². The summed E-state index contributed by atoms with van der Waals surface area (Å²) in [5.41, 5.74) is 2.23. The fourth-order valence-corrected chi connectivity index (χ4v) is 4.37. The van der Waals surface area contributed by atoms with E-state index < -0.39 is 11.4 Å². The van der Waals surface area contributed by atoms with E-state index in [9.17, 15) is 9.18 Å². The summed E-state index contributed by atoms with van der Waals surface area (Å²) in [6, 6.07) is 6.70. The van der Waals surface area contributed by atoms with Crippen LogP contribution in [0.15, 0.2) is 36.8 Å². The van der Waals surface area contributed by atoms with Crippen molar-refractivity contribution in [3.8, 4) is 11.4 Å². The minimum Gasteiger partial charge on any atom is -0.444 e. The maximum atomic E-state index is 14.4. The number of nitrogens with one attached hydrogen (secondary N) is 3. The number of ether oxygens (including phenoxy) is 1. The molecule has 12 nitrogen and oxygen atoms in total. The first-order valence-electron chi connectivity index (χ1n) is 12.1. The standard InChI is InChI=1S/C24H29FN10O2/c1-24(2,3)37-23(36)29-16-7-9-34(10-8-16)13-15-6-11-35-20(15)22(26-14-27-35)28-17-4-5-19(25)18(12-17)21-30-32-33-31-21/h4-6,11-12,14,16H,7-10,13H2,1-3H3,(H,29,36)(H,26,27,28)(H,30,31,32,33). The van der Waals surface area contributed by atoms with Gasteiger partial charge in [-0.25, -0.2) is 18.7 Å². The molecule has 37 heavy (non-hydrogen) atoms. The minimum atomic E-state index is -0.516. The molecule has 4 heterocycles. The highest BCUT2D eigenvalue weighted by atomic mass is 19.1. The number of likely N-dealkylation sites (tertiary alicyclic amines) is 1. The number of anilines is 2. The van der Waals surface area contributed by atoms with Crippen LogP contribution in [-0.2, 0) is 11.3 Å². The van der Waals surface area contributed by atoms with Crippen LogP contribution in [-0.4, -0.2) is 70.9 Å². The fourth-order valence-electron chi connectivity index (χ4n) is 4.37. The number of aromatic nitrogens is 7. The number of H-pyrrole nitrogens is 1. The molecule has 4 aromatic rings. The van der Waals surface area contributed by atoms with Crippen LogP contribution < -0.4 is 10.6 Å². The molecule has 13 heteroatoms. The molecule has 0 aliphatic carbocycles. The van der Waals surface area contributed by atoms with E-state index in [2.05, 4.69) is 46.2 Å². The van der Waals surface area contributed by atoms with Crippen molar-refractivity contribution < 1.29 is 13.9 Å². The van der Waals surface area contributed by atoms with Crippen LogP contribution in [0.4, 0.5) is 20.7 Å². The maximum absolute atomic E-state index is 14.4. The van der Waals surface area contributed by atoms with Crippen molar-refractivity contribution in [3.63, 3.8) is 0 Å². The van der Waals surface area contributed by atoms with Crippen molar-refractivity contribution in [2.75, 3.05) is 18.4 Å². The zero-order valence-corrected chi connectivity index (χ0v) is 20.9. The smallest absolute Gasteiger partial charge is 0.407 e. The van der Waals surface area contributed by atoms with Gasteiger partial charge in [0.1, 0.15) is 23.3 Å². The lowest BCUT2D eigenvalue weighted by atomic mass is 10.0. The summed E-state index contributed by atoms with van der Waals surface area (Å²) in [4.78, 5) is 18.9. The third kappa shape index (κ3) is 5.82. The zero-order chi connectivity index (χ0) is 26.0. The predicted octanol–water partition coefficient (Wildman–Crippen LogP) is 3.28. The van der Waals surface area contributed by atoms with Crippen molar-refractivity contribution in [1.82, 2.24) is 45.4 Å². The number of fused-ring (bicyclic) bond motifs is 1. The van der Waals surface area contributed by atoms with Gasteiger partial charge in [-0.15, -0.1) is 10.2 Å². The van der Waals surface area contributed by atoms with Crippen LogP contribution in [0.5, 0.6) is 0 Å². The number of amides is 1. The number of aromatic amines is 1. The second-order valence-corrected chi connectivity index (χ2v) is 9.99. The van der Waals surface area contributed by atoms with Gasteiger partial charge in [0, 0.05) is 37.6 Å².